The maximum Gasteiger partial charge on any atom is 0.255 e. The summed E-state index contributed by atoms with van der Waals surface area (Å²) in [5.74, 6) is 1.02. The zero-order valence-corrected chi connectivity index (χ0v) is 14.9. The SMILES string of the molecule is CCOc1ccc(N2CC(NC(=O)c3ccccc3OC)CC2=O)cc1. The second-order valence-electron chi connectivity index (χ2n) is 6.01. The van der Waals surface area contributed by atoms with Crippen molar-refractivity contribution in [2.45, 2.75) is 19.4 Å². The molecular formula is C20H22N2O4. The molecule has 2 aromatic carbocycles. The maximum atomic E-state index is 12.5. The van der Waals surface area contributed by atoms with Crippen molar-refractivity contribution in [3.63, 3.8) is 0 Å². The van der Waals surface area contributed by atoms with E-state index >= 15 is 0 Å². The van der Waals surface area contributed by atoms with Gasteiger partial charge in [0.1, 0.15) is 11.5 Å². The topological polar surface area (TPSA) is 67.9 Å². The molecule has 0 radical (unpaired) electrons. The summed E-state index contributed by atoms with van der Waals surface area (Å²) in [4.78, 5) is 26.5. The van der Waals surface area contributed by atoms with E-state index in [0.29, 0.717) is 24.5 Å². The number of amides is 2. The quantitative estimate of drug-likeness (QED) is 0.866. The summed E-state index contributed by atoms with van der Waals surface area (Å²) in [6.45, 7) is 2.96. The van der Waals surface area contributed by atoms with E-state index in [9.17, 15) is 9.59 Å². The summed E-state index contributed by atoms with van der Waals surface area (Å²) in [5, 5.41) is 2.93. The van der Waals surface area contributed by atoms with Gasteiger partial charge < -0.3 is 19.7 Å². The maximum absolute atomic E-state index is 12.5. The fourth-order valence-electron chi connectivity index (χ4n) is 3.04. The van der Waals surface area contributed by atoms with Crippen molar-refractivity contribution in [2.75, 3.05) is 25.2 Å². The van der Waals surface area contributed by atoms with Gasteiger partial charge in [0.15, 0.2) is 0 Å². The highest BCUT2D eigenvalue weighted by molar-refractivity contribution is 6.00. The molecule has 26 heavy (non-hydrogen) atoms. The molecule has 1 aliphatic heterocycles. The smallest absolute Gasteiger partial charge is 0.255 e. The number of anilines is 1. The molecule has 0 saturated carbocycles. The molecule has 1 aliphatic rings. The summed E-state index contributed by atoms with van der Waals surface area (Å²) in [6.07, 6.45) is 0.272. The fourth-order valence-corrected chi connectivity index (χ4v) is 3.04. The molecule has 2 amide bonds. The molecular weight excluding hydrogens is 332 g/mol. The van der Waals surface area contributed by atoms with Gasteiger partial charge in [0.25, 0.3) is 5.91 Å². The number of hydrogen-bond acceptors (Lipinski definition) is 4. The molecule has 136 valence electrons. The number of nitrogens with one attached hydrogen (secondary N) is 1. The van der Waals surface area contributed by atoms with E-state index in [-0.39, 0.29) is 24.3 Å². The molecule has 6 nitrogen and oxygen atoms in total. The van der Waals surface area contributed by atoms with Crippen LogP contribution in [-0.4, -0.2) is 38.1 Å². The van der Waals surface area contributed by atoms with Gasteiger partial charge in [-0.25, -0.2) is 0 Å². The van der Waals surface area contributed by atoms with Crippen molar-refractivity contribution in [2.24, 2.45) is 0 Å². The molecule has 0 spiro atoms. The number of rotatable bonds is 6. The lowest BCUT2D eigenvalue weighted by Gasteiger charge is -2.18. The highest BCUT2D eigenvalue weighted by atomic mass is 16.5. The molecule has 1 heterocycles. The van der Waals surface area contributed by atoms with Gasteiger partial charge in [-0.1, -0.05) is 12.1 Å². The van der Waals surface area contributed by atoms with Gasteiger partial charge in [0.2, 0.25) is 5.91 Å². The predicted molar refractivity (Wildman–Crippen MR) is 98.8 cm³/mol. The first-order chi connectivity index (χ1) is 12.6. The van der Waals surface area contributed by atoms with Gasteiger partial charge in [-0.2, -0.15) is 0 Å². The van der Waals surface area contributed by atoms with Gasteiger partial charge in [-0.05, 0) is 43.3 Å². The molecule has 1 unspecified atom stereocenters. The molecule has 0 aromatic heterocycles. The van der Waals surface area contributed by atoms with Gasteiger partial charge in [-0.3, -0.25) is 9.59 Å². The summed E-state index contributed by atoms with van der Waals surface area (Å²) in [5.41, 5.74) is 1.26. The van der Waals surface area contributed by atoms with Crippen molar-refractivity contribution in [1.82, 2.24) is 5.32 Å². The Bertz CT molecular complexity index is 789. The standard InChI is InChI=1S/C20H22N2O4/c1-3-26-16-10-8-15(9-11-16)22-13-14(12-19(22)23)21-20(24)17-6-4-5-7-18(17)25-2/h4-11,14H,3,12-13H2,1-2H3,(H,21,24). The van der Waals surface area contributed by atoms with Crippen LogP contribution in [0.2, 0.25) is 0 Å². The fraction of sp³-hybridized carbons (Fsp3) is 0.300. The number of para-hydroxylation sites is 1. The first-order valence-electron chi connectivity index (χ1n) is 8.59. The Morgan fingerprint density at radius 1 is 1.19 bits per heavy atom. The minimum absolute atomic E-state index is 0.0144. The predicted octanol–water partition coefficient (Wildman–Crippen LogP) is 2.63. The summed E-state index contributed by atoms with van der Waals surface area (Å²) < 4.78 is 10.6. The molecule has 3 rings (SSSR count). The van der Waals surface area contributed by atoms with Gasteiger partial charge in [-0.15, -0.1) is 0 Å². The zero-order chi connectivity index (χ0) is 18.5. The van der Waals surface area contributed by atoms with Crippen LogP contribution in [-0.2, 0) is 4.79 Å². The Hall–Kier alpha value is -3.02. The number of carbonyl (C=O) groups excluding carboxylic acids is 2. The van der Waals surface area contributed by atoms with Gasteiger partial charge in [0.05, 0.1) is 25.3 Å². The lowest BCUT2D eigenvalue weighted by molar-refractivity contribution is -0.117. The van der Waals surface area contributed by atoms with Crippen LogP contribution >= 0.6 is 0 Å². The van der Waals surface area contributed by atoms with Crippen molar-refractivity contribution >= 4 is 17.5 Å². The second kappa shape index (κ2) is 7.91. The Labute approximate surface area is 152 Å². The normalized spacial score (nSPS) is 16.5. The van der Waals surface area contributed by atoms with Crippen molar-refractivity contribution in [3.8, 4) is 11.5 Å². The monoisotopic (exact) mass is 354 g/mol. The van der Waals surface area contributed by atoms with Crippen molar-refractivity contribution in [3.05, 3.63) is 54.1 Å². The van der Waals surface area contributed by atoms with Gasteiger partial charge >= 0.3 is 0 Å². The van der Waals surface area contributed by atoms with Crippen LogP contribution in [0.25, 0.3) is 0 Å². The second-order valence-corrected chi connectivity index (χ2v) is 6.01. The summed E-state index contributed by atoms with van der Waals surface area (Å²) >= 11 is 0. The van der Waals surface area contributed by atoms with Crippen LogP contribution < -0.4 is 19.7 Å². The lowest BCUT2D eigenvalue weighted by Crippen LogP contribution is -2.37. The molecule has 0 aliphatic carbocycles. The molecule has 1 N–H and O–H groups in total. The van der Waals surface area contributed by atoms with Crippen LogP contribution in [0.15, 0.2) is 48.5 Å². The van der Waals surface area contributed by atoms with Crippen LogP contribution in [0.4, 0.5) is 5.69 Å². The van der Waals surface area contributed by atoms with Crippen molar-refractivity contribution in [1.29, 1.82) is 0 Å². The third kappa shape index (κ3) is 3.79. The van der Waals surface area contributed by atoms with E-state index in [4.69, 9.17) is 9.47 Å². The number of carbonyl (C=O) groups is 2. The van der Waals surface area contributed by atoms with E-state index in [1.165, 1.54) is 7.11 Å². The Balaban J connectivity index is 1.66. The van der Waals surface area contributed by atoms with E-state index in [0.717, 1.165) is 11.4 Å². The van der Waals surface area contributed by atoms with Crippen LogP contribution in [0, 0.1) is 0 Å². The number of nitrogens with zero attached hydrogens (tertiary/aromatic N) is 1. The third-order valence-electron chi connectivity index (χ3n) is 4.27. The molecule has 0 bridgehead atoms. The van der Waals surface area contributed by atoms with Crippen LogP contribution in [0.5, 0.6) is 11.5 Å². The van der Waals surface area contributed by atoms with E-state index in [1.54, 1.807) is 23.1 Å². The van der Waals surface area contributed by atoms with E-state index in [2.05, 4.69) is 5.32 Å². The first kappa shape index (κ1) is 17.8. The highest BCUT2D eigenvalue weighted by Crippen LogP contribution is 2.25. The number of benzene rings is 2. The molecule has 1 fully saturated rings. The van der Waals surface area contributed by atoms with Crippen molar-refractivity contribution < 1.29 is 19.1 Å². The zero-order valence-electron chi connectivity index (χ0n) is 14.9. The molecule has 1 atom stereocenters. The van der Waals surface area contributed by atoms with E-state index in [1.807, 2.05) is 37.3 Å². The molecule has 6 heteroatoms. The lowest BCUT2D eigenvalue weighted by atomic mass is 10.1. The first-order valence-corrected chi connectivity index (χ1v) is 8.59. The molecule has 1 saturated heterocycles. The van der Waals surface area contributed by atoms with E-state index < -0.39 is 0 Å². The third-order valence-corrected chi connectivity index (χ3v) is 4.27. The minimum Gasteiger partial charge on any atom is -0.496 e. The van der Waals surface area contributed by atoms with Gasteiger partial charge in [0, 0.05) is 18.7 Å². The number of methoxy groups -OCH3 is 1. The summed E-state index contributed by atoms with van der Waals surface area (Å²) in [7, 11) is 1.53. The highest BCUT2D eigenvalue weighted by Gasteiger charge is 2.32. The minimum atomic E-state index is -0.244. The number of ether oxygens (including phenoxy) is 2. The largest absolute Gasteiger partial charge is 0.496 e. The molecule has 2 aromatic rings. The van der Waals surface area contributed by atoms with Crippen LogP contribution in [0.3, 0.4) is 0 Å². The van der Waals surface area contributed by atoms with Crippen LogP contribution in [0.1, 0.15) is 23.7 Å². The average Bonchev–Trinajstić information content (AvgIpc) is 3.02. The Kier molecular flexibility index (Phi) is 5.41. The summed E-state index contributed by atoms with van der Waals surface area (Å²) in [6, 6.07) is 14.2. The Morgan fingerprint density at radius 3 is 2.62 bits per heavy atom. The average molecular weight is 354 g/mol. The Morgan fingerprint density at radius 2 is 1.92 bits per heavy atom. The number of hydrogen-bond donors (Lipinski definition) is 1.